The number of carbonyl (C=O) groups is 1. The Morgan fingerprint density at radius 2 is 1.59 bits per heavy atom. The van der Waals surface area contributed by atoms with Gasteiger partial charge in [-0.25, -0.2) is 13.6 Å². The van der Waals surface area contributed by atoms with Crippen molar-refractivity contribution in [2.24, 2.45) is 5.41 Å². The topological polar surface area (TPSA) is 76.0 Å². The van der Waals surface area contributed by atoms with Crippen LogP contribution in [0.4, 0.5) is 25.0 Å². The van der Waals surface area contributed by atoms with E-state index in [0.717, 1.165) is 5.56 Å². The number of amides is 2. The van der Waals surface area contributed by atoms with Gasteiger partial charge in [0, 0.05) is 24.2 Å². The summed E-state index contributed by atoms with van der Waals surface area (Å²) in [5.41, 5.74) is 1.20. The standard InChI is InChI=1S/C26H25F2N3O3/c27-18-7-9-19(10-8-18)31-23(17-5-11-20(32)12-6-17)26(24(31)33)13-15-30(16-14-26)25(34)29-22-4-2-1-3-21(22)28/h1-12,23-24,32-33H,13-16H2,(H,29,34). The van der Waals surface area contributed by atoms with E-state index in [9.17, 15) is 23.8 Å². The Balaban J connectivity index is 1.37. The molecule has 2 heterocycles. The summed E-state index contributed by atoms with van der Waals surface area (Å²) in [6, 6.07) is 18.2. The highest BCUT2D eigenvalue weighted by Crippen LogP contribution is 2.60. The number of piperidine rings is 1. The number of aliphatic hydroxyl groups excluding tert-OH is 1. The molecule has 34 heavy (non-hydrogen) atoms. The van der Waals surface area contributed by atoms with E-state index < -0.39 is 17.5 Å². The monoisotopic (exact) mass is 465 g/mol. The van der Waals surface area contributed by atoms with Crippen molar-refractivity contribution in [2.75, 3.05) is 23.3 Å². The van der Waals surface area contributed by atoms with Gasteiger partial charge >= 0.3 is 6.03 Å². The van der Waals surface area contributed by atoms with Crippen molar-refractivity contribution in [1.29, 1.82) is 0 Å². The Labute approximate surface area is 196 Å². The molecule has 2 unspecified atom stereocenters. The van der Waals surface area contributed by atoms with Gasteiger partial charge in [-0.2, -0.15) is 0 Å². The zero-order chi connectivity index (χ0) is 23.9. The van der Waals surface area contributed by atoms with E-state index in [1.54, 1.807) is 41.3 Å². The average Bonchev–Trinajstić information content (AvgIpc) is 2.85. The molecule has 2 aliphatic rings. The highest BCUT2D eigenvalue weighted by atomic mass is 19.1. The van der Waals surface area contributed by atoms with Crippen LogP contribution in [0, 0.1) is 17.0 Å². The number of carbonyl (C=O) groups excluding carboxylic acids is 1. The molecule has 176 valence electrons. The quantitative estimate of drug-likeness (QED) is 0.516. The molecule has 8 heteroatoms. The molecule has 0 bridgehead atoms. The van der Waals surface area contributed by atoms with Crippen LogP contribution in [-0.4, -0.2) is 40.5 Å². The molecule has 1 spiro atoms. The molecule has 3 aromatic carbocycles. The second-order valence-corrected chi connectivity index (χ2v) is 8.88. The number of phenolic OH excluding ortho intramolecular Hbond substituents is 1. The van der Waals surface area contributed by atoms with Gasteiger partial charge in [-0.15, -0.1) is 0 Å². The fourth-order valence-electron chi connectivity index (χ4n) is 5.22. The first kappa shape index (κ1) is 22.2. The van der Waals surface area contributed by atoms with Crippen molar-refractivity contribution >= 4 is 17.4 Å². The summed E-state index contributed by atoms with van der Waals surface area (Å²) in [6.45, 7) is 0.784. The van der Waals surface area contributed by atoms with Crippen LogP contribution >= 0.6 is 0 Å². The lowest BCUT2D eigenvalue weighted by Gasteiger charge is -2.64. The van der Waals surface area contributed by atoms with Gasteiger partial charge < -0.3 is 25.3 Å². The van der Waals surface area contributed by atoms with E-state index in [1.807, 2.05) is 17.0 Å². The van der Waals surface area contributed by atoms with Crippen LogP contribution in [0.5, 0.6) is 5.75 Å². The molecule has 3 aromatic rings. The fourth-order valence-corrected chi connectivity index (χ4v) is 5.22. The minimum absolute atomic E-state index is 0.126. The molecule has 0 aliphatic carbocycles. The van der Waals surface area contributed by atoms with Crippen LogP contribution in [0.25, 0.3) is 0 Å². The lowest BCUT2D eigenvalue weighted by molar-refractivity contribution is -0.111. The molecule has 0 radical (unpaired) electrons. The van der Waals surface area contributed by atoms with Gasteiger partial charge in [0.1, 0.15) is 23.6 Å². The third-order valence-electron chi connectivity index (χ3n) is 7.03. The summed E-state index contributed by atoms with van der Waals surface area (Å²) in [4.78, 5) is 16.2. The van der Waals surface area contributed by atoms with Crippen molar-refractivity contribution < 1.29 is 23.8 Å². The van der Waals surface area contributed by atoms with Gasteiger partial charge in [-0.05, 0) is 66.9 Å². The summed E-state index contributed by atoms with van der Waals surface area (Å²) in [7, 11) is 0. The first-order valence-electron chi connectivity index (χ1n) is 11.2. The third kappa shape index (κ3) is 3.74. The summed E-state index contributed by atoms with van der Waals surface area (Å²) >= 11 is 0. The zero-order valence-electron chi connectivity index (χ0n) is 18.4. The predicted molar refractivity (Wildman–Crippen MR) is 124 cm³/mol. The number of aromatic hydroxyl groups is 1. The highest BCUT2D eigenvalue weighted by Gasteiger charge is 2.61. The van der Waals surface area contributed by atoms with Crippen LogP contribution < -0.4 is 10.2 Å². The van der Waals surface area contributed by atoms with Crippen molar-refractivity contribution in [2.45, 2.75) is 25.1 Å². The molecule has 2 fully saturated rings. The smallest absolute Gasteiger partial charge is 0.321 e. The van der Waals surface area contributed by atoms with Gasteiger partial charge in [0.2, 0.25) is 0 Å². The van der Waals surface area contributed by atoms with Crippen molar-refractivity contribution in [1.82, 2.24) is 4.90 Å². The summed E-state index contributed by atoms with van der Waals surface area (Å²) in [6.07, 6.45) is 0.234. The Kier molecular flexibility index (Phi) is 5.61. The second-order valence-electron chi connectivity index (χ2n) is 8.88. The molecule has 2 saturated heterocycles. The number of aliphatic hydroxyl groups is 1. The minimum atomic E-state index is -0.825. The first-order chi connectivity index (χ1) is 16.4. The third-order valence-corrected chi connectivity index (χ3v) is 7.03. The normalized spacial score (nSPS) is 21.3. The molecule has 0 saturated carbocycles. The van der Waals surface area contributed by atoms with E-state index in [2.05, 4.69) is 5.32 Å². The lowest BCUT2D eigenvalue weighted by Crippen LogP contribution is -2.69. The van der Waals surface area contributed by atoms with E-state index >= 15 is 0 Å². The molecular formula is C26H25F2N3O3. The maximum absolute atomic E-state index is 13.9. The van der Waals surface area contributed by atoms with Crippen LogP contribution in [-0.2, 0) is 0 Å². The Hall–Kier alpha value is -3.65. The number of para-hydroxylation sites is 1. The number of benzene rings is 3. The summed E-state index contributed by atoms with van der Waals surface area (Å²) in [5, 5.41) is 23.7. The molecular weight excluding hydrogens is 440 g/mol. The zero-order valence-corrected chi connectivity index (χ0v) is 18.4. The predicted octanol–water partition coefficient (Wildman–Crippen LogP) is 4.86. The Morgan fingerprint density at radius 1 is 0.941 bits per heavy atom. The summed E-state index contributed by atoms with van der Waals surface area (Å²) < 4.78 is 27.4. The SMILES string of the molecule is O=C(Nc1ccccc1F)N1CCC2(CC1)C(O)N(c1ccc(F)cc1)C2c1ccc(O)cc1. The van der Waals surface area contributed by atoms with Crippen LogP contribution in [0.3, 0.4) is 0 Å². The van der Waals surface area contributed by atoms with Crippen LogP contribution in [0.15, 0.2) is 72.8 Å². The molecule has 0 aromatic heterocycles. The number of hydrogen-bond donors (Lipinski definition) is 3. The highest BCUT2D eigenvalue weighted by molar-refractivity contribution is 5.89. The molecule has 5 rings (SSSR count). The number of phenols is 1. The van der Waals surface area contributed by atoms with E-state index in [-0.39, 0.29) is 29.3 Å². The van der Waals surface area contributed by atoms with Crippen molar-refractivity contribution in [3.05, 3.63) is 90.0 Å². The van der Waals surface area contributed by atoms with E-state index in [0.29, 0.717) is 31.6 Å². The molecule has 2 atom stereocenters. The summed E-state index contributed by atoms with van der Waals surface area (Å²) in [5.74, 6) is -0.712. The number of nitrogens with one attached hydrogen (secondary N) is 1. The molecule has 6 nitrogen and oxygen atoms in total. The van der Waals surface area contributed by atoms with Crippen LogP contribution in [0.2, 0.25) is 0 Å². The number of nitrogens with zero attached hydrogens (tertiary/aromatic N) is 2. The maximum atomic E-state index is 13.9. The van der Waals surface area contributed by atoms with Gasteiger partial charge in [0.25, 0.3) is 0 Å². The van der Waals surface area contributed by atoms with Crippen LogP contribution in [0.1, 0.15) is 24.4 Å². The Bertz CT molecular complexity index is 1180. The molecule has 2 aliphatic heterocycles. The minimum Gasteiger partial charge on any atom is -0.508 e. The average molecular weight is 466 g/mol. The first-order valence-corrected chi connectivity index (χ1v) is 11.2. The van der Waals surface area contributed by atoms with Gasteiger partial charge in [0.05, 0.1) is 11.7 Å². The number of likely N-dealkylation sites (tertiary alicyclic amines) is 1. The fraction of sp³-hybridized carbons (Fsp3) is 0.269. The number of anilines is 2. The second kappa shape index (κ2) is 8.61. The molecule has 2 amide bonds. The lowest BCUT2D eigenvalue weighted by atomic mass is 9.61. The largest absolute Gasteiger partial charge is 0.508 e. The van der Waals surface area contributed by atoms with E-state index in [1.165, 1.54) is 24.3 Å². The van der Waals surface area contributed by atoms with Gasteiger partial charge in [-0.1, -0.05) is 24.3 Å². The van der Waals surface area contributed by atoms with Gasteiger partial charge in [-0.3, -0.25) is 0 Å². The Morgan fingerprint density at radius 3 is 2.24 bits per heavy atom. The van der Waals surface area contributed by atoms with Crippen molar-refractivity contribution in [3.8, 4) is 5.75 Å². The van der Waals surface area contributed by atoms with Gasteiger partial charge in [0.15, 0.2) is 0 Å². The number of hydrogen-bond acceptors (Lipinski definition) is 4. The number of halogens is 2. The number of rotatable bonds is 3. The maximum Gasteiger partial charge on any atom is 0.321 e. The van der Waals surface area contributed by atoms with Crippen molar-refractivity contribution in [3.63, 3.8) is 0 Å². The van der Waals surface area contributed by atoms with E-state index in [4.69, 9.17) is 0 Å². The molecule has 3 N–H and O–H groups in total. The number of urea groups is 1.